The van der Waals surface area contributed by atoms with E-state index in [9.17, 15) is 4.79 Å². The number of carbonyl (C=O) groups excluding carboxylic acids is 1. The largest absolute Gasteiger partial charge is 0.484 e. The highest BCUT2D eigenvalue weighted by Crippen LogP contribution is 2.23. The molecule has 1 aliphatic rings. The van der Waals surface area contributed by atoms with Crippen molar-refractivity contribution in [1.82, 2.24) is 24.6 Å². The molecule has 2 aromatic heterocycles. The van der Waals surface area contributed by atoms with Crippen LogP contribution in [0.2, 0.25) is 0 Å². The minimum absolute atomic E-state index is 0.0189. The van der Waals surface area contributed by atoms with Crippen LogP contribution in [0, 0.1) is 0 Å². The van der Waals surface area contributed by atoms with Crippen molar-refractivity contribution in [1.29, 1.82) is 0 Å². The molecule has 1 amide bonds. The monoisotopic (exact) mass is 379 g/mol. The lowest BCUT2D eigenvalue weighted by Crippen LogP contribution is -2.39. The number of carbonyl (C=O) groups is 1. The molecule has 0 bridgehead atoms. The Morgan fingerprint density at radius 2 is 2.04 bits per heavy atom. The van der Waals surface area contributed by atoms with Crippen molar-refractivity contribution in [3.63, 3.8) is 0 Å². The SMILES string of the molecule is Cn1nc(COc2cnccn2)c2c1CCN(C(=O)COc1ccccc1)C2. The van der Waals surface area contributed by atoms with E-state index < -0.39 is 0 Å². The lowest BCUT2D eigenvalue weighted by molar-refractivity contribution is -0.134. The Morgan fingerprint density at radius 1 is 1.18 bits per heavy atom. The summed E-state index contributed by atoms with van der Waals surface area (Å²) in [5, 5.41) is 4.57. The number of benzene rings is 1. The molecule has 0 atom stereocenters. The fourth-order valence-electron chi connectivity index (χ4n) is 3.25. The minimum Gasteiger partial charge on any atom is -0.484 e. The molecular weight excluding hydrogens is 358 g/mol. The van der Waals surface area contributed by atoms with Crippen LogP contribution in [0.4, 0.5) is 0 Å². The Morgan fingerprint density at radius 3 is 2.82 bits per heavy atom. The van der Waals surface area contributed by atoms with Gasteiger partial charge < -0.3 is 14.4 Å². The summed E-state index contributed by atoms with van der Waals surface area (Å²) in [7, 11) is 1.92. The Balaban J connectivity index is 1.41. The zero-order valence-electron chi connectivity index (χ0n) is 15.6. The van der Waals surface area contributed by atoms with Crippen LogP contribution in [-0.4, -0.2) is 43.7 Å². The van der Waals surface area contributed by atoms with Gasteiger partial charge in [-0.25, -0.2) is 4.98 Å². The van der Waals surface area contributed by atoms with E-state index in [1.54, 1.807) is 23.5 Å². The maximum Gasteiger partial charge on any atom is 0.260 e. The molecule has 3 heterocycles. The number of rotatable bonds is 6. The highest BCUT2D eigenvalue weighted by Gasteiger charge is 2.27. The second kappa shape index (κ2) is 8.08. The summed E-state index contributed by atoms with van der Waals surface area (Å²) in [6.45, 7) is 1.45. The fraction of sp³-hybridized carbons (Fsp3) is 0.300. The third-order valence-corrected chi connectivity index (χ3v) is 4.68. The smallest absolute Gasteiger partial charge is 0.260 e. The number of para-hydroxylation sites is 1. The van der Waals surface area contributed by atoms with Crippen LogP contribution in [-0.2, 0) is 31.4 Å². The van der Waals surface area contributed by atoms with Gasteiger partial charge in [0.25, 0.3) is 5.91 Å². The van der Waals surface area contributed by atoms with Gasteiger partial charge in [0, 0.05) is 50.2 Å². The van der Waals surface area contributed by atoms with Crippen molar-refractivity contribution < 1.29 is 14.3 Å². The number of hydrogen-bond acceptors (Lipinski definition) is 6. The van der Waals surface area contributed by atoms with E-state index in [0.29, 0.717) is 24.7 Å². The van der Waals surface area contributed by atoms with E-state index in [1.807, 2.05) is 42.1 Å². The third-order valence-electron chi connectivity index (χ3n) is 4.68. The van der Waals surface area contributed by atoms with Gasteiger partial charge in [-0.1, -0.05) is 18.2 Å². The van der Waals surface area contributed by atoms with Crippen LogP contribution in [0.15, 0.2) is 48.9 Å². The van der Waals surface area contributed by atoms with Crippen LogP contribution in [0.5, 0.6) is 11.6 Å². The first-order valence-electron chi connectivity index (χ1n) is 9.09. The van der Waals surface area contributed by atoms with Crippen molar-refractivity contribution in [2.45, 2.75) is 19.6 Å². The van der Waals surface area contributed by atoms with Gasteiger partial charge in [-0.3, -0.25) is 14.5 Å². The van der Waals surface area contributed by atoms with Gasteiger partial charge in [0.2, 0.25) is 5.88 Å². The van der Waals surface area contributed by atoms with Gasteiger partial charge >= 0.3 is 0 Å². The average molecular weight is 379 g/mol. The lowest BCUT2D eigenvalue weighted by Gasteiger charge is -2.27. The van der Waals surface area contributed by atoms with Gasteiger partial charge in [0.15, 0.2) is 6.61 Å². The Hall–Kier alpha value is -3.42. The molecule has 8 heteroatoms. The molecule has 1 aliphatic heterocycles. The number of amides is 1. The Bertz CT molecular complexity index is 943. The van der Waals surface area contributed by atoms with Gasteiger partial charge in [-0.2, -0.15) is 5.10 Å². The number of aryl methyl sites for hydroxylation is 1. The van der Waals surface area contributed by atoms with Crippen molar-refractivity contribution in [3.8, 4) is 11.6 Å². The van der Waals surface area contributed by atoms with Crippen molar-refractivity contribution >= 4 is 5.91 Å². The summed E-state index contributed by atoms with van der Waals surface area (Å²) >= 11 is 0. The fourth-order valence-corrected chi connectivity index (χ4v) is 3.25. The zero-order chi connectivity index (χ0) is 19.3. The summed E-state index contributed by atoms with van der Waals surface area (Å²) < 4.78 is 13.2. The molecular formula is C20H21N5O3. The topological polar surface area (TPSA) is 82.4 Å². The number of fused-ring (bicyclic) bond motifs is 1. The van der Waals surface area contributed by atoms with E-state index in [4.69, 9.17) is 9.47 Å². The highest BCUT2D eigenvalue weighted by molar-refractivity contribution is 5.78. The quantitative estimate of drug-likeness (QED) is 0.649. The van der Waals surface area contributed by atoms with Gasteiger partial charge in [0.1, 0.15) is 18.1 Å². The number of nitrogens with zero attached hydrogens (tertiary/aromatic N) is 5. The lowest BCUT2D eigenvalue weighted by atomic mass is 10.1. The second-order valence-corrected chi connectivity index (χ2v) is 6.49. The van der Waals surface area contributed by atoms with Crippen molar-refractivity contribution in [2.75, 3.05) is 13.2 Å². The molecule has 0 N–H and O–H groups in total. The first kappa shape index (κ1) is 18.0. The molecule has 8 nitrogen and oxygen atoms in total. The molecule has 0 aliphatic carbocycles. The van der Waals surface area contributed by atoms with Crippen LogP contribution < -0.4 is 9.47 Å². The molecule has 0 saturated carbocycles. The first-order chi connectivity index (χ1) is 13.7. The van der Waals surface area contributed by atoms with E-state index in [2.05, 4.69) is 15.1 Å². The second-order valence-electron chi connectivity index (χ2n) is 6.49. The molecule has 1 aromatic carbocycles. The summed E-state index contributed by atoms with van der Waals surface area (Å²) in [4.78, 5) is 22.5. The maximum atomic E-state index is 12.6. The Kier molecular flexibility index (Phi) is 5.18. The van der Waals surface area contributed by atoms with Crippen LogP contribution in [0.1, 0.15) is 17.0 Å². The standard InChI is InChI=1S/C20H21N5O3/c1-24-18-7-10-25(20(26)14-27-15-5-3-2-4-6-15)12-16(18)17(23-24)13-28-19-11-21-8-9-22-19/h2-6,8-9,11H,7,10,12-14H2,1H3. The molecule has 3 aromatic rings. The van der Waals surface area contributed by atoms with E-state index in [-0.39, 0.29) is 19.1 Å². The highest BCUT2D eigenvalue weighted by atomic mass is 16.5. The van der Waals surface area contributed by atoms with Crippen LogP contribution in [0.25, 0.3) is 0 Å². The normalized spacial score (nSPS) is 13.1. The molecule has 144 valence electrons. The Labute approximate surface area is 162 Å². The van der Waals surface area contributed by atoms with Gasteiger partial charge in [-0.15, -0.1) is 0 Å². The van der Waals surface area contributed by atoms with Gasteiger partial charge in [-0.05, 0) is 12.1 Å². The summed E-state index contributed by atoms with van der Waals surface area (Å²) in [6.07, 6.45) is 5.49. The summed E-state index contributed by atoms with van der Waals surface area (Å²) in [5.74, 6) is 1.09. The molecule has 0 radical (unpaired) electrons. The van der Waals surface area contributed by atoms with Gasteiger partial charge in [0.05, 0.1) is 6.20 Å². The van der Waals surface area contributed by atoms with E-state index in [0.717, 1.165) is 23.4 Å². The summed E-state index contributed by atoms with van der Waals surface area (Å²) in [5.41, 5.74) is 2.97. The van der Waals surface area contributed by atoms with Crippen molar-refractivity contribution in [2.24, 2.45) is 7.05 Å². The van der Waals surface area contributed by atoms with E-state index >= 15 is 0 Å². The minimum atomic E-state index is -0.0425. The molecule has 4 rings (SSSR count). The molecule has 0 saturated heterocycles. The molecule has 0 fully saturated rings. The summed E-state index contributed by atoms with van der Waals surface area (Å²) in [6, 6.07) is 9.35. The number of ether oxygens (including phenoxy) is 2. The predicted molar refractivity (Wildman–Crippen MR) is 101 cm³/mol. The zero-order valence-corrected chi connectivity index (χ0v) is 15.6. The van der Waals surface area contributed by atoms with E-state index in [1.165, 1.54) is 0 Å². The maximum absolute atomic E-state index is 12.6. The number of aromatic nitrogens is 4. The third kappa shape index (κ3) is 3.95. The van der Waals surface area contributed by atoms with Crippen LogP contribution >= 0.6 is 0 Å². The van der Waals surface area contributed by atoms with Crippen LogP contribution in [0.3, 0.4) is 0 Å². The first-order valence-corrected chi connectivity index (χ1v) is 9.09. The molecule has 0 spiro atoms. The number of hydrogen-bond donors (Lipinski definition) is 0. The van der Waals surface area contributed by atoms with Crippen molar-refractivity contribution in [3.05, 3.63) is 65.9 Å². The molecule has 0 unspecified atom stereocenters. The average Bonchev–Trinajstić information content (AvgIpc) is 3.07. The predicted octanol–water partition coefficient (Wildman–Crippen LogP) is 1.75. The molecule has 28 heavy (non-hydrogen) atoms.